The Hall–Kier alpha value is -3.42. The molecule has 3 aromatic rings. The van der Waals surface area contributed by atoms with E-state index in [0.717, 1.165) is 55.4 Å². The van der Waals surface area contributed by atoms with E-state index in [1.807, 2.05) is 29.2 Å². The highest BCUT2D eigenvalue weighted by Crippen LogP contribution is 2.25. The maximum absolute atomic E-state index is 13.1. The topological polar surface area (TPSA) is 63.5 Å². The van der Waals surface area contributed by atoms with E-state index >= 15 is 0 Å². The first-order chi connectivity index (χ1) is 15.7. The van der Waals surface area contributed by atoms with Crippen molar-refractivity contribution in [1.29, 1.82) is 0 Å². The molecule has 1 amide bonds. The summed E-state index contributed by atoms with van der Waals surface area (Å²) in [4.78, 5) is 16.6. The average Bonchev–Trinajstić information content (AvgIpc) is 3.28. The number of aromatic nitrogens is 3. The van der Waals surface area contributed by atoms with Crippen LogP contribution in [0.1, 0.15) is 18.7 Å². The molecule has 1 fully saturated rings. The summed E-state index contributed by atoms with van der Waals surface area (Å²) in [5.41, 5.74) is 1.98. The van der Waals surface area contributed by atoms with E-state index in [9.17, 15) is 9.18 Å². The van der Waals surface area contributed by atoms with Crippen molar-refractivity contribution in [3.8, 4) is 17.1 Å². The van der Waals surface area contributed by atoms with Gasteiger partial charge in [0.05, 0.1) is 0 Å². The number of halogens is 1. The number of ether oxygens (including phenoxy) is 1. The van der Waals surface area contributed by atoms with Gasteiger partial charge in [0.25, 0.3) is 5.91 Å². The van der Waals surface area contributed by atoms with Gasteiger partial charge in [0.15, 0.2) is 12.4 Å². The lowest BCUT2D eigenvalue weighted by Gasteiger charge is -2.36. The molecule has 0 unspecified atom stereocenters. The SMILES string of the molecule is O=C(COc1ccc(-c2nnc3n2CCCC3)cc1)N1CCN(c2ccc(F)cc2)CC1. The lowest BCUT2D eigenvalue weighted by Crippen LogP contribution is -2.50. The summed E-state index contributed by atoms with van der Waals surface area (Å²) in [6.07, 6.45) is 3.30. The molecule has 8 heteroatoms. The number of hydrogen-bond acceptors (Lipinski definition) is 5. The Bertz CT molecular complexity index is 1070. The Morgan fingerprint density at radius 1 is 0.906 bits per heavy atom. The van der Waals surface area contributed by atoms with Crippen molar-refractivity contribution in [1.82, 2.24) is 19.7 Å². The molecule has 0 radical (unpaired) electrons. The Morgan fingerprint density at radius 2 is 1.66 bits per heavy atom. The molecule has 32 heavy (non-hydrogen) atoms. The normalized spacial score (nSPS) is 16.0. The van der Waals surface area contributed by atoms with Crippen LogP contribution in [-0.2, 0) is 17.8 Å². The molecule has 0 bridgehead atoms. The number of amides is 1. The zero-order chi connectivity index (χ0) is 21.9. The highest BCUT2D eigenvalue weighted by molar-refractivity contribution is 5.78. The number of rotatable bonds is 5. The number of anilines is 1. The van der Waals surface area contributed by atoms with Gasteiger partial charge < -0.3 is 19.1 Å². The van der Waals surface area contributed by atoms with Gasteiger partial charge >= 0.3 is 0 Å². The third kappa shape index (κ3) is 4.30. The summed E-state index contributed by atoms with van der Waals surface area (Å²) in [5, 5.41) is 8.66. The number of nitrogens with zero attached hydrogens (tertiary/aromatic N) is 5. The molecule has 7 nitrogen and oxygen atoms in total. The quantitative estimate of drug-likeness (QED) is 0.616. The molecule has 3 heterocycles. The molecule has 0 aliphatic carbocycles. The van der Waals surface area contributed by atoms with Gasteiger partial charge in [-0.05, 0) is 61.4 Å². The molecule has 1 saturated heterocycles. The van der Waals surface area contributed by atoms with Gasteiger partial charge in [-0.3, -0.25) is 4.79 Å². The average molecular weight is 436 g/mol. The van der Waals surface area contributed by atoms with Crippen molar-refractivity contribution >= 4 is 11.6 Å². The Balaban J connectivity index is 1.13. The van der Waals surface area contributed by atoms with E-state index in [0.29, 0.717) is 18.8 Å². The molecule has 2 aliphatic rings. The number of hydrogen-bond donors (Lipinski definition) is 0. The van der Waals surface area contributed by atoms with E-state index in [-0.39, 0.29) is 18.3 Å². The molecular formula is C24H26FN5O2. The maximum atomic E-state index is 13.1. The number of aryl methyl sites for hydroxylation is 1. The molecule has 5 rings (SSSR count). The summed E-state index contributed by atoms with van der Waals surface area (Å²) in [7, 11) is 0. The lowest BCUT2D eigenvalue weighted by molar-refractivity contribution is -0.133. The van der Waals surface area contributed by atoms with Gasteiger partial charge in [-0.2, -0.15) is 0 Å². The maximum Gasteiger partial charge on any atom is 0.260 e. The minimum Gasteiger partial charge on any atom is -0.484 e. The van der Waals surface area contributed by atoms with Crippen molar-refractivity contribution in [2.45, 2.75) is 25.8 Å². The fraction of sp³-hybridized carbons (Fsp3) is 0.375. The molecule has 2 aliphatic heterocycles. The first-order valence-corrected chi connectivity index (χ1v) is 11.1. The van der Waals surface area contributed by atoms with Crippen molar-refractivity contribution in [3.05, 3.63) is 60.2 Å². The van der Waals surface area contributed by atoms with Gasteiger partial charge in [0.1, 0.15) is 17.4 Å². The second-order valence-electron chi connectivity index (χ2n) is 8.21. The van der Waals surface area contributed by atoms with E-state index in [2.05, 4.69) is 19.7 Å². The number of piperazine rings is 1. The third-order valence-electron chi connectivity index (χ3n) is 6.16. The number of carbonyl (C=O) groups excluding carboxylic acids is 1. The fourth-order valence-electron chi connectivity index (χ4n) is 4.32. The Labute approximate surface area is 186 Å². The molecule has 1 aromatic heterocycles. The van der Waals surface area contributed by atoms with Crippen LogP contribution in [-0.4, -0.2) is 58.4 Å². The van der Waals surface area contributed by atoms with Crippen LogP contribution < -0.4 is 9.64 Å². The molecule has 166 valence electrons. The van der Waals surface area contributed by atoms with E-state index in [4.69, 9.17) is 4.74 Å². The van der Waals surface area contributed by atoms with Gasteiger partial charge in [0.2, 0.25) is 0 Å². The first kappa shape index (κ1) is 20.5. The fourth-order valence-corrected chi connectivity index (χ4v) is 4.32. The monoisotopic (exact) mass is 435 g/mol. The predicted molar refractivity (Wildman–Crippen MR) is 119 cm³/mol. The molecule has 0 saturated carbocycles. The smallest absolute Gasteiger partial charge is 0.260 e. The second kappa shape index (κ2) is 8.98. The van der Waals surface area contributed by atoms with Crippen molar-refractivity contribution in [2.24, 2.45) is 0 Å². The summed E-state index contributed by atoms with van der Waals surface area (Å²) < 4.78 is 21.0. The highest BCUT2D eigenvalue weighted by Gasteiger charge is 2.22. The summed E-state index contributed by atoms with van der Waals surface area (Å²) in [6, 6.07) is 14.1. The standard InChI is InChI=1S/C24H26FN5O2/c25-19-6-8-20(9-7-19)28-13-15-29(16-14-28)23(31)17-32-21-10-4-18(5-11-21)24-27-26-22-3-1-2-12-30(22)24/h4-11H,1-3,12-17H2. The predicted octanol–water partition coefficient (Wildman–Crippen LogP) is 3.15. The number of benzene rings is 2. The minimum atomic E-state index is -0.242. The molecule has 2 aromatic carbocycles. The van der Waals surface area contributed by atoms with Crippen LogP contribution in [0.3, 0.4) is 0 Å². The summed E-state index contributed by atoms with van der Waals surface area (Å²) in [5.74, 6) is 2.33. The van der Waals surface area contributed by atoms with Gasteiger partial charge in [-0.1, -0.05) is 0 Å². The van der Waals surface area contributed by atoms with Gasteiger partial charge in [-0.15, -0.1) is 10.2 Å². The Morgan fingerprint density at radius 3 is 2.41 bits per heavy atom. The van der Waals surface area contributed by atoms with Crippen LogP contribution in [0.25, 0.3) is 11.4 Å². The molecular weight excluding hydrogens is 409 g/mol. The number of fused-ring (bicyclic) bond motifs is 1. The first-order valence-electron chi connectivity index (χ1n) is 11.1. The van der Waals surface area contributed by atoms with Crippen LogP contribution in [0, 0.1) is 5.82 Å². The van der Waals surface area contributed by atoms with Gasteiger partial charge in [0, 0.05) is 50.4 Å². The van der Waals surface area contributed by atoms with E-state index in [1.54, 1.807) is 12.1 Å². The molecule has 0 atom stereocenters. The summed E-state index contributed by atoms with van der Waals surface area (Å²) >= 11 is 0. The van der Waals surface area contributed by atoms with E-state index in [1.165, 1.54) is 18.6 Å². The largest absolute Gasteiger partial charge is 0.484 e. The van der Waals surface area contributed by atoms with E-state index < -0.39 is 0 Å². The van der Waals surface area contributed by atoms with Crippen molar-refractivity contribution < 1.29 is 13.9 Å². The zero-order valence-corrected chi connectivity index (χ0v) is 17.9. The minimum absolute atomic E-state index is 0.0101. The lowest BCUT2D eigenvalue weighted by atomic mass is 10.1. The third-order valence-corrected chi connectivity index (χ3v) is 6.16. The van der Waals surface area contributed by atoms with Crippen molar-refractivity contribution in [3.63, 3.8) is 0 Å². The van der Waals surface area contributed by atoms with Crippen LogP contribution in [0.4, 0.5) is 10.1 Å². The van der Waals surface area contributed by atoms with Gasteiger partial charge in [-0.25, -0.2) is 4.39 Å². The van der Waals surface area contributed by atoms with Crippen LogP contribution in [0.15, 0.2) is 48.5 Å². The van der Waals surface area contributed by atoms with Crippen molar-refractivity contribution in [2.75, 3.05) is 37.7 Å². The molecule has 0 N–H and O–H groups in total. The second-order valence-corrected chi connectivity index (χ2v) is 8.21. The Kier molecular flexibility index (Phi) is 5.75. The summed E-state index contributed by atoms with van der Waals surface area (Å²) in [6.45, 7) is 3.64. The zero-order valence-electron chi connectivity index (χ0n) is 17.9. The number of carbonyl (C=O) groups is 1. The van der Waals surface area contributed by atoms with Crippen LogP contribution in [0.2, 0.25) is 0 Å². The highest BCUT2D eigenvalue weighted by atomic mass is 19.1. The van der Waals surface area contributed by atoms with Crippen LogP contribution >= 0.6 is 0 Å². The molecule has 0 spiro atoms. The van der Waals surface area contributed by atoms with Crippen LogP contribution in [0.5, 0.6) is 5.75 Å².